The largest absolute Gasteiger partial charge is 0.357 e. The highest BCUT2D eigenvalue weighted by Crippen LogP contribution is 2.20. The van der Waals surface area contributed by atoms with E-state index in [2.05, 4.69) is 20.4 Å². The summed E-state index contributed by atoms with van der Waals surface area (Å²) in [5.74, 6) is 1.38. The Morgan fingerprint density at radius 2 is 1.94 bits per heavy atom. The molecule has 90 valence electrons. The van der Waals surface area contributed by atoms with Crippen LogP contribution in [0.4, 0.5) is 5.95 Å². The first kappa shape index (κ1) is 10.7. The number of nitrogens with one attached hydrogen (secondary N) is 1. The van der Waals surface area contributed by atoms with Crippen molar-refractivity contribution in [2.24, 2.45) is 0 Å². The van der Waals surface area contributed by atoms with Gasteiger partial charge >= 0.3 is 0 Å². The molecule has 2 heterocycles. The van der Waals surface area contributed by atoms with Crippen LogP contribution in [0.5, 0.6) is 0 Å². The molecule has 0 bridgehead atoms. The molecule has 0 amide bonds. The first-order chi connectivity index (χ1) is 8.78. The molecular weight excluding hydrogens is 226 g/mol. The third kappa shape index (κ3) is 1.69. The van der Waals surface area contributed by atoms with E-state index in [4.69, 9.17) is 0 Å². The summed E-state index contributed by atoms with van der Waals surface area (Å²) < 4.78 is 1.78. The van der Waals surface area contributed by atoms with Gasteiger partial charge in [-0.15, -0.1) is 0 Å². The Morgan fingerprint density at radius 1 is 1.11 bits per heavy atom. The maximum atomic E-state index is 4.48. The number of aryl methyl sites for hydroxylation is 1. The van der Waals surface area contributed by atoms with Crippen LogP contribution >= 0.6 is 0 Å². The maximum Gasteiger partial charge on any atom is 0.225 e. The lowest BCUT2D eigenvalue weighted by molar-refractivity contribution is 0.837. The molecule has 0 fully saturated rings. The number of fused-ring (bicyclic) bond motifs is 1. The molecule has 0 aliphatic carbocycles. The van der Waals surface area contributed by atoms with Crippen LogP contribution in [0.2, 0.25) is 0 Å². The summed E-state index contributed by atoms with van der Waals surface area (Å²) in [5.41, 5.74) is 1.86. The second-order valence-electron chi connectivity index (χ2n) is 4.04. The van der Waals surface area contributed by atoms with Crippen LogP contribution in [0.3, 0.4) is 0 Å². The molecule has 0 aliphatic heterocycles. The summed E-state index contributed by atoms with van der Waals surface area (Å²) in [7, 11) is 1.81. The second-order valence-corrected chi connectivity index (χ2v) is 4.04. The Bertz CT molecular complexity index is 701. The van der Waals surface area contributed by atoms with Crippen LogP contribution in [-0.4, -0.2) is 26.8 Å². The van der Waals surface area contributed by atoms with E-state index in [9.17, 15) is 0 Å². The van der Waals surface area contributed by atoms with Gasteiger partial charge in [-0.1, -0.05) is 12.1 Å². The molecule has 3 rings (SSSR count). The molecule has 0 unspecified atom stereocenters. The zero-order valence-electron chi connectivity index (χ0n) is 10.3. The number of hydrogen-bond donors (Lipinski definition) is 1. The molecular formula is C13H13N5. The van der Waals surface area contributed by atoms with Crippen molar-refractivity contribution in [3.63, 3.8) is 0 Å². The number of nitrogens with zero attached hydrogens (tertiary/aromatic N) is 4. The molecule has 0 radical (unpaired) electrons. The minimum absolute atomic E-state index is 0.594. The summed E-state index contributed by atoms with van der Waals surface area (Å²) in [6.07, 6.45) is 1.91. The van der Waals surface area contributed by atoms with Crippen molar-refractivity contribution in [3.8, 4) is 5.82 Å². The van der Waals surface area contributed by atoms with Crippen molar-refractivity contribution >= 4 is 16.9 Å². The fourth-order valence-corrected chi connectivity index (χ4v) is 1.88. The van der Waals surface area contributed by atoms with Crippen LogP contribution in [0.15, 0.2) is 36.5 Å². The number of para-hydroxylation sites is 1. The van der Waals surface area contributed by atoms with Gasteiger partial charge in [0.05, 0.1) is 11.2 Å². The predicted molar refractivity (Wildman–Crippen MR) is 70.9 cm³/mol. The standard InChI is InChI=1S/C13H13N5/c1-9-7-8-18(17-9)12-10-5-3-4-6-11(10)15-13(14-2)16-12/h3-8H,1-2H3,(H,14,15,16). The van der Waals surface area contributed by atoms with Crippen LogP contribution < -0.4 is 5.32 Å². The Kier molecular flexibility index (Phi) is 2.44. The summed E-state index contributed by atoms with van der Waals surface area (Å²) in [6.45, 7) is 1.96. The van der Waals surface area contributed by atoms with E-state index < -0.39 is 0 Å². The fraction of sp³-hybridized carbons (Fsp3) is 0.154. The molecule has 18 heavy (non-hydrogen) atoms. The average Bonchev–Trinajstić information content (AvgIpc) is 2.84. The Morgan fingerprint density at radius 3 is 2.67 bits per heavy atom. The van der Waals surface area contributed by atoms with E-state index in [1.54, 1.807) is 4.68 Å². The highest BCUT2D eigenvalue weighted by atomic mass is 15.3. The summed E-state index contributed by atoms with van der Waals surface area (Å²) >= 11 is 0. The molecule has 0 saturated heterocycles. The van der Waals surface area contributed by atoms with Crippen molar-refractivity contribution in [2.75, 3.05) is 12.4 Å². The minimum atomic E-state index is 0.594. The number of benzene rings is 1. The van der Waals surface area contributed by atoms with Gasteiger partial charge in [-0.05, 0) is 25.1 Å². The van der Waals surface area contributed by atoms with Crippen LogP contribution in [0.1, 0.15) is 5.69 Å². The van der Waals surface area contributed by atoms with E-state index >= 15 is 0 Å². The van der Waals surface area contributed by atoms with Gasteiger partial charge in [-0.25, -0.2) is 9.67 Å². The molecule has 0 saturated carbocycles. The Hall–Kier alpha value is -2.43. The lowest BCUT2D eigenvalue weighted by Crippen LogP contribution is -2.05. The van der Waals surface area contributed by atoms with Crippen molar-refractivity contribution in [2.45, 2.75) is 6.92 Å². The van der Waals surface area contributed by atoms with Crippen molar-refractivity contribution < 1.29 is 0 Å². The highest BCUT2D eigenvalue weighted by molar-refractivity contribution is 5.86. The number of anilines is 1. The van der Waals surface area contributed by atoms with Crippen molar-refractivity contribution in [1.82, 2.24) is 19.7 Å². The van der Waals surface area contributed by atoms with E-state index in [-0.39, 0.29) is 0 Å². The van der Waals surface area contributed by atoms with Gasteiger partial charge in [0.1, 0.15) is 0 Å². The van der Waals surface area contributed by atoms with Gasteiger partial charge < -0.3 is 5.32 Å². The molecule has 1 aromatic carbocycles. The predicted octanol–water partition coefficient (Wildman–Crippen LogP) is 2.17. The van der Waals surface area contributed by atoms with Gasteiger partial charge in [0.2, 0.25) is 5.95 Å². The molecule has 5 nitrogen and oxygen atoms in total. The zero-order valence-corrected chi connectivity index (χ0v) is 10.3. The molecule has 0 spiro atoms. The third-order valence-electron chi connectivity index (χ3n) is 2.75. The molecule has 2 aromatic heterocycles. The molecule has 5 heteroatoms. The Labute approximate surface area is 104 Å². The number of hydrogen-bond acceptors (Lipinski definition) is 4. The first-order valence-corrected chi connectivity index (χ1v) is 5.75. The fourth-order valence-electron chi connectivity index (χ4n) is 1.88. The first-order valence-electron chi connectivity index (χ1n) is 5.75. The lowest BCUT2D eigenvalue weighted by Gasteiger charge is -2.07. The Balaban J connectivity index is 2.32. The SMILES string of the molecule is CNc1nc(-n2ccc(C)n2)c2ccccc2n1. The molecule has 0 aliphatic rings. The monoisotopic (exact) mass is 239 g/mol. The topological polar surface area (TPSA) is 55.6 Å². The number of rotatable bonds is 2. The van der Waals surface area contributed by atoms with Crippen molar-refractivity contribution in [3.05, 3.63) is 42.2 Å². The average molecular weight is 239 g/mol. The normalized spacial score (nSPS) is 10.8. The van der Waals surface area contributed by atoms with Gasteiger partial charge in [-0.3, -0.25) is 0 Å². The quantitative estimate of drug-likeness (QED) is 0.744. The van der Waals surface area contributed by atoms with Gasteiger partial charge in [0.25, 0.3) is 0 Å². The van der Waals surface area contributed by atoms with Crippen LogP contribution in [0, 0.1) is 6.92 Å². The van der Waals surface area contributed by atoms with Crippen LogP contribution in [-0.2, 0) is 0 Å². The number of aromatic nitrogens is 4. The molecule has 3 aromatic rings. The molecule has 0 atom stereocenters. The molecule has 1 N–H and O–H groups in total. The summed E-state index contributed by atoms with van der Waals surface area (Å²) in [4.78, 5) is 8.90. The van der Waals surface area contributed by atoms with E-state index in [0.717, 1.165) is 22.4 Å². The summed E-state index contributed by atoms with van der Waals surface area (Å²) in [6, 6.07) is 9.87. The zero-order chi connectivity index (χ0) is 12.5. The van der Waals surface area contributed by atoms with Gasteiger partial charge in [0.15, 0.2) is 5.82 Å². The third-order valence-corrected chi connectivity index (χ3v) is 2.75. The maximum absolute atomic E-state index is 4.48. The van der Waals surface area contributed by atoms with E-state index in [1.807, 2.05) is 50.5 Å². The van der Waals surface area contributed by atoms with Gasteiger partial charge in [0, 0.05) is 18.6 Å². The minimum Gasteiger partial charge on any atom is -0.357 e. The van der Waals surface area contributed by atoms with Crippen molar-refractivity contribution in [1.29, 1.82) is 0 Å². The summed E-state index contributed by atoms with van der Waals surface area (Å²) in [5, 5.41) is 8.36. The van der Waals surface area contributed by atoms with Gasteiger partial charge in [-0.2, -0.15) is 10.1 Å². The smallest absolute Gasteiger partial charge is 0.225 e. The van der Waals surface area contributed by atoms with E-state index in [0.29, 0.717) is 5.95 Å². The van der Waals surface area contributed by atoms with Crippen LogP contribution in [0.25, 0.3) is 16.7 Å². The van der Waals surface area contributed by atoms with E-state index in [1.165, 1.54) is 0 Å². The highest BCUT2D eigenvalue weighted by Gasteiger charge is 2.09. The second kappa shape index (κ2) is 4.10. The lowest BCUT2D eigenvalue weighted by atomic mass is 10.2.